The summed E-state index contributed by atoms with van der Waals surface area (Å²) < 4.78 is 46.1. The average molecular weight is 453 g/mol. The number of hydrogen-bond donors (Lipinski definition) is 2. The van der Waals surface area contributed by atoms with E-state index in [1.165, 1.54) is 13.8 Å². The number of carbonyl (C=O) groups excluding carboxylic acids is 3. The molecule has 12 heteroatoms. The van der Waals surface area contributed by atoms with Crippen LogP contribution in [0.15, 0.2) is 36.4 Å². The number of carbonyl (C=O) groups is 3. The smallest absolute Gasteiger partial charge is 0.329 e. The van der Waals surface area contributed by atoms with E-state index in [0.717, 1.165) is 36.4 Å². The number of esters is 1. The quantitative estimate of drug-likeness (QED) is 0.359. The van der Waals surface area contributed by atoms with E-state index < -0.39 is 75.7 Å². The van der Waals surface area contributed by atoms with Gasteiger partial charge in [0.1, 0.15) is 29.1 Å². The molecule has 0 aliphatic heterocycles. The minimum absolute atomic E-state index is 0.471. The van der Waals surface area contributed by atoms with E-state index >= 15 is 0 Å². The molecule has 0 heterocycles. The van der Waals surface area contributed by atoms with E-state index in [4.69, 9.17) is 4.74 Å². The van der Waals surface area contributed by atoms with Crippen molar-refractivity contribution >= 4 is 29.2 Å². The van der Waals surface area contributed by atoms with Gasteiger partial charge >= 0.3 is 5.97 Å². The number of halogens is 3. The number of anilines is 1. The molecule has 0 spiro atoms. The predicted molar refractivity (Wildman–Crippen MR) is 105 cm³/mol. The van der Waals surface area contributed by atoms with Crippen LogP contribution in [0.5, 0.6) is 0 Å². The van der Waals surface area contributed by atoms with E-state index in [9.17, 15) is 37.7 Å². The van der Waals surface area contributed by atoms with Gasteiger partial charge in [-0.15, -0.1) is 0 Å². The molecule has 0 saturated carbocycles. The molecule has 32 heavy (non-hydrogen) atoms. The molecule has 0 aromatic heterocycles. The molecule has 0 radical (unpaired) electrons. The molecule has 0 saturated heterocycles. The second-order valence-corrected chi connectivity index (χ2v) is 6.87. The molecule has 2 amide bonds. The Morgan fingerprint density at radius 1 is 1.06 bits per heavy atom. The van der Waals surface area contributed by atoms with Crippen LogP contribution in [0, 0.1) is 33.5 Å². The van der Waals surface area contributed by atoms with E-state index in [1.54, 1.807) is 0 Å². The maximum atomic E-state index is 13.8. The normalized spacial score (nSPS) is 11.6. The number of nitro groups is 1. The monoisotopic (exact) mass is 453 g/mol. The number of rotatable bonds is 8. The SMILES string of the molecule is CC(C)[C@H](NC(=O)c1c(F)cccc1F)C(=O)OCC(=O)Nc1cc([N+](=O)[O-])ccc1F. The fourth-order valence-electron chi connectivity index (χ4n) is 2.56. The number of nitrogens with one attached hydrogen (secondary N) is 2. The van der Waals surface area contributed by atoms with Gasteiger partial charge in [-0.2, -0.15) is 0 Å². The third kappa shape index (κ3) is 6.03. The summed E-state index contributed by atoms with van der Waals surface area (Å²) in [5, 5.41) is 14.9. The summed E-state index contributed by atoms with van der Waals surface area (Å²) >= 11 is 0. The molecule has 2 aromatic carbocycles. The third-order valence-electron chi connectivity index (χ3n) is 4.18. The summed E-state index contributed by atoms with van der Waals surface area (Å²) in [6, 6.07) is 3.93. The highest BCUT2D eigenvalue weighted by atomic mass is 19.1. The summed E-state index contributed by atoms with van der Waals surface area (Å²) in [4.78, 5) is 46.5. The molecule has 2 aromatic rings. The molecular formula is C20H18F3N3O6. The second kappa shape index (κ2) is 10.4. The van der Waals surface area contributed by atoms with Gasteiger partial charge in [-0.05, 0) is 24.1 Å². The zero-order chi connectivity index (χ0) is 24.0. The first-order chi connectivity index (χ1) is 15.0. The molecule has 0 aliphatic rings. The molecule has 170 valence electrons. The number of nitrogens with zero attached hydrogens (tertiary/aromatic N) is 1. The molecule has 9 nitrogen and oxygen atoms in total. The van der Waals surface area contributed by atoms with Crippen molar-refractivity contribution in [2.75, 3.05) is 11.9 Å². The second-order valence-electron chi connectivity index (χ2n) is 6.87. The maximum Gasteiger partial charge on any atom is 0.329 e. The molecule has 0 bridgehead atoms. The molecule has 0 unspecified atom stereocenters. The first-order valence-electron chi connectivity index (χ1n) is 9.16. The van der Waals surface area contributed by atoms with Crippen LogP contribution in [0.3, 0.4) is 0 Å². The number of non-ortho nitro benzene ring substituents is 1. The number of nitro benzene ring substituents is 1. The first kappa shape index (κ1) is 24.3. The van der Waals surface area contributed by atoms with Crippen LogP contribution in [0.1, 0.15) is 24.2 Å². The number of amides is 2. The molecule has 1 atom stereocenters. The van der Waals surface area contributed by atoms with Crippen LogP contribution in [0.25, 0.3) is 0 Å². The summed E-state index contributed by atoms with van der Waals surface area (Å²) in [5.74, 6) is -7.08. The van der Waals surface area contributed by atoms with Gasteiger partial charge in [0.25, 0.3) is 17.5 Å². The van der Waals surface area contributed by atoms with Crippen LogP contribution in [0.2, 0.25) is 0 Å². The van der Waals surface area contributed by atoms with Crippen molar-refractivity contribution in [2.24, 2.45) is 5.92 Å². The van der Waals surface area contributed by atoms with Crippen LogP contribution in [-0.4, -0.2) is 35.4 Å². The maximum absolute atomic E-state index is 13.8. The highest BCUT2D eigenvalue weighted by molar-refractivity contribution is 5.98. The summed E-state index contributed by atoms with van der Waals surface area (Å²) in [5.41, 5.74) is -1.85. The minimum atomic E-state index is -1.36. The Labute approximate surface area is 179 Å². The lowest BCUT2D eigenvalue weighted by Gasteiger charge is -2.21. The number of hydrogen-bond acceptors (Lipinski definition) is 6. The number of ether oxygens (including phenoxy) is 1. The fourth-order valence-corrected chi connectivity index (χ4v) is 2.56. The van der Waals surface area contributed by atoms with Crippen LogP contribution in [0.4, 0.5) is 24.5 Å². The topological polar surface area (TPSA) is 128 Å². The van der Waals surface area contributed by atoms with Crippen molar-refractivity contribution in [3.8, 4) is 0 Å². The molecule has 0 fully saturated rings. The largest absolute Gasteiger partial charge is 0.454 e. The highest BCUT2D eigenvalue weighted by Crippen LogP contribution is 2.21. The van der Waals surface area contributed by atoms with Crippen molar-refractivity contribution < 1.29 is 37.2 Å². The Balaban J connectivity index is 2.03. The van der Waals surface area contributed by atoms with E-state index in [-0.39, 0.29) is 0 Å². The van der Waals surface area contributed by atoms with Crippen molar-refractivity contribution in [3.05, 3.63) is 69.5 Å². The van der Waals surface area contributed by atoms with Gasteiger partial charge in [-0.25, -0.2) is 18.0 Å². The lowest BCUT2D eigenvalue weighted by Crippen LogP contribution is -2.46. The van der Waals surface area contributed by atoms with Crippen molar-refractivity contribution in [3.63, 3.8) is 0 Å². The average Bonchev–Trinajstić information content (AvgIpc) is 2.71. The Bertz CT molecular complexity index is 1040. The number of benzene rings is 2. The van der Waals surface area contributed by atoms with E-state index in [0.29, 0.717) is 0 Å². The summed E-state index contributed by atoms with van der Waals surface area (Å²) in [7, 11) is 0. The van der Waals surface area contributed by atoms with Gasteiger partial charge in [0.05, 0.1) is 10.6 Å². The molecule has 2 rings (SSSR count). The minimum Gasteiger partial charge on any atom is -0.454 e. The highest BCUT2D eigenvalue weighted by Gasteiger charge is 2.29. The van der Waals surface area contributed by atoms with Gasteiger partial charge in [-0.3, -0.25) is 19.7 Å². The lowest BCUT2D eigenvalue weighted by atomic mass is 10.0. The van der Waals surface area contributed by atoms with Gasteiger partial charge in [0, 0.05) is 12.1 Å². The van der Waals surface area contributed by atoms with Crippen molar-refractivity contribution in [2.45, 2.75) is 19.9 Å². The van der Waals surface area contributed by atoms with Crippen LogP contribution in [-0.2, 0) is 14.3 Å². The zero-order valence-corrected chi connectivity index (χ0v) is 16.9. The Morgan fingerprint density at radius 3 is 2.25 bits per heavy atom. The molecular weight excluding hydrogens is 435 g/mol. The van der Waals surface area contributed by atoms with E-state index in [1.807, 2.05) is 5.32 Å². The van der Waals surface area contributed by atoms with Crippen LogP contribution >= 0.6 is 0 Å². The standard InChI is InChI=1S/C20H18F3N3O6/c1-10(2)18(25-19(28)17-13(22)4-3-5-14(17)23)20(29)32-9-16(27)24-15-8-11(26(30)31)6-7-12(15)21/h3-8,10,18H,9H2,1-2H3,(H,24,27)(H,25,28)/t18-/m0/s1. The third-order valence-corrected chi connectivity index (χ3v) is 4.18. The summed E-state index contributed by atoms with van der Waals surface area (Å²) in [6.07, 6.45) is 0. The van der Waals surface area contributed by atoms with Gasteiger partial charge in [0.15, 0.2) is 6.61 Å². The molecule has 0 aliphatic carbocycles. The van der Waals surface area contributed by atoms with Gasteiger partial charge < -0.3 is 15.4 Å². The first-order valence-corrected chi connectivity index (χ1v) is 9.16. The van der Waals surface area contributed by atoms with Crippen molar-refractivity contribution in [1.82, 2.24) is 5.32 Å². The fraction of sp³-hybridized carbons (Fsp3) is 0.250. The zero-order valence-electron chi connectivity index (χ0n) is 16.9. The Hall–Kier alpha value is -3.96. The van der Waals surface area contributed by atoms with E-state index in [2.05, 4.69) is 5.32 Å². The van der Waals surface area contributed by atoms with Crippen LogP contribution < -0.4 is 10.6 Å². The Kier molecular flexibility index (Phi) is 7.88. The van der Waals surface area contributed by atoms with Gasteiger partial charge in [0.2, 0.25) is 0 Å². The molecule has 2 N–H and O–H groups in total. The lowest BCUT2D eigenvalue weighted by molar-refractivity contribution is -0.384. The van der Waals surface area contributed by atoms with Gasteiger partial charge in [-0.1, -0.05) is 19.9 Å². The van der Waals surface area contributed by atoms with Crippen molar-refractivity contribution in [1.29, 1.82) is 0 Å². The Morgan fingerprint density at radius 2 is 1.69 bits per heavy atom. The summed E-state index contributed by atoms with van der Waals surface area (Å²) in [6.45, 7) is 2.12. The predicted octanol–water partition coefficient (Wildman–Crippen LogP) is 2.95.